The number of anilines is 3. The first-order valence-electron chi connectivity index (χ1n) is 11.4. The van der Waals surface area contributed by atoms with Gasteiger partial charge < -0.3 is 20.4 Å². The molecule has 1 aliphatic rings. The lowest BCUT2D eigenvalue weighted by molar-refractivity contribution is 0.0767. The highest BCUT2D eigenvalue weighted by Gasteiger charge is 2.22. The van der Waals surface area contributed by atoms with Gasteiger partial charge in [0, 0.05) is 36.9 Å². The number of nitrogens with zero attached hydrogens (tertiary/aromatic N) is 3. The Hall–Kier alpha value is -3.29. The van der Waals surface area contributed by atoms with E-state index < -0.39 is 0 Å². The number of aryl methyl sites for hydroxylation is 1. The third-order valence-electron chi connectivity index (χ3n) is 6.13. The highest BCUT2D eigenvalue weighted by atomic mass is 35.5. The Labute approximate surface area is 215 Å². The van der Waals surface area contributed by atoms with Crippen LogP contribution in [-0.4, -0.2) is 48.0 Å². The van der Waals surface area contributed by atoms with Gasteiger partial charge in [-0.3, -0.25) is 4.79 Å². The second-order valence-electron chi connectivity index (χ2n) is 8.49. The van der Waals surface area contributed by atoms with Crippen LogP contribution in [0.15, 0.2) is 54.7 Å². The fraction of sp³-hybridized carbons (Fsp3) is 0.269. The number of carbonyl (C=O) groups excluding carboxylic acids is 2. The zero-order valence-electron chi connectivity index (χ0n) is 19.6. The number of hydrogen-bond donors (Lipinski definition) is 2. The maximum Gasteiger partial charge on any atom is 0.323 e. The quantitative estimate of drug-likeness (QED) is 0.450. The topological polar surface area (TPSA) is 77.6 Å². The molecule has 0 unspecified atom stereocenters. The van der Waals surface area contributed by atoms with E-state index in [2.05, 4.69) is 20.5 Å². The third kappa shape index (κ3) is 6.05. The summed E-state index contributed by atoms with van der Waals surface area (Å²) in [6, 6.07) is 14.1. The standard InChI is InChI=1S/C26H27Cl2N5O2/c1-17-5-3-6-23(18(17)2)31-26(35)30-20-8-10-24(29-16-20)32-11-4-12-33(14-13-32)25(34)21-9-7-19(27)15-22(21)28/h3,5-10,15-16H,4,11-14H2,1-2H3,(H2,30,31,35). The van der Waals surface area contributed by atoms with Crippen LogP contribution in [0.1, 0.15) is 27.9 Å². The van der Waals surface area contributed by atoms with Crippen LogP contribution >= 0.6 is 23.2 Å². The summed E-state index contributed by atoms with van der Waals surface area (Å²) in [5.74, 6) is 0.695. The molecule has 2 N–H and O–H groups in total. The van der Waals surface area contributed by atoms with Gasteiger partial charge >= 0.3 is 6.03 Å². The minimum atomic E-state index is -0.321. The molecule has 1 aromatic heterocycles. The summed E-state index contributed by atoms with van der Waals surface area (Å²) in [5, 5.41) is 6.56. The number of pyridine rings is 1. The Morgan fingerprint density at radius 1 is 0.943 bits per heavy atom. The molecule has 4 rings (SSSR count). The number of urea groups is 1. The molecule has 35 heavy (non-hydrogen) atoms. The van der Waals surface area contributed by atoms with Gasteiger partial charge in [-0.05, 0) is 67.8 Å². The van der Waals surface area contributed by atoms with Crippen molar-refractivity contribution in [1.29, 1.82) is 0 Å². The molecule has 0 aliphatic carbocycles. The van der Waals surface area contributed by atoms with Gasteiger partial charge in [-0.2, -0.15) is 0 Å². The molecule has 3 aromatic rings. The molecular formula is C26H27Cl2N5O2. The highest BCUT2D eigenvalue weighted by Crippen LogP contribution is 2.24. The van der Waals surface area contributed by atoms with Crippen LogP contribution in [-0.2, 0) is 0 Å². The van der Waals surface area contributed by atoms with Gasteiger partial charge in [0.05, 0.1) is 22.5 Å². The maximum absolute atomic E-state index is 13.0. The zero-order chi connectivity index (χ0) is 24.9. The number of nitrogens with one attached hydrogen (secondary N) is 2. The minimum Gasteiger partial charge on any atom is -0.355 e. The molecule has 1 fully saturated rings. The van der Waals surface area contributed by atoms with Crippen LogP contribution in [0, 0.1) is 13.8 Å². The summed E-state index contributed by atoms with van der Waals surface area (Å²) in [7, 11) is 0. The Balaban J connectivity index is 1.35. The predicted octanol–water partition coefficient (Wildman–Crippen LogP) is 6.00. The van der Waals surface area contributed by atoms with Crippen molar-refractivity contribution in [3.8, 4) is 0 Å². The Bertz CT molecular complexity index is 1230. The summed E-state index contributed by atoms with van der Waals surface area (Å²) in [4.78, 5) is 33.9. The van der Waals surface area contributed by atoms with Crippen molar-refractivity contribution >= 4 is 52.3 Å². The van der Waals surface area contributed by atoms with Gasteiger partial charge in [-0.15, -0.1) is 0 Å². The van der Waals surface area contributed by atoms with Gasteiger partial charge in [0.15, 0.2) is 0 Å². The molecule has 2 aromatic carbocycles. The normalized spacial score (nSPS) is 13.8. The van der Waals surface area contributed by atoms with E-state index >= 15 is 0 Å². The van der Waals surface area contributed by atoms with Crippen molar-refractivity contribution in [2.24, 2.45) is 0 Å². The van der Waals surface area contributed by atoms with Crippen molar-refractivity contribution < 1.29 is 9.59 Å². The van der Waals surface area contributed by atoms with Crippen molar-refractivity contribution in [1.82, 2.24) is 9.88 Å². The first kappa shape index (κ1) is 24.8. The lowest BCUT2D eigenvalue weighted by Crippen LogP contribution is -2.35. The monoisotopic (exact) mass is 511 g/mol. The molecule has 0 saturated carbocycles. The average Bonchev–Trinajstić information content (AvgIpc) is 3.09. The number of rotatable bonds is 4. The van der Waals surface area contributed by atoms with E-state index in [1.165, 1.54) is 0 Å². The summed E-state index contributed by atoms with van der Waals surface area (Å²) in [5.41, 5.74) is 3.97. The lowest BCUT2D eigenvalue weighted by atomic mass is 10.1. The zero-order valence-corrected chi connectivity index (χ0v) is 21.2. The summed E-state index contributed by atoms with van der Waals surface area (Å²) >= 11 is 12.2. The Kier molecular flexibility index (Phi) is 7.78. The van der Waals surface area contributed by atoms with Gasteiger partial charge in [0.25, 0.3) is 5.91 Å². The Morgan fingerprint density at radius 2 is 1.77 bits per heavy atom. The van der Waals surface area contributed by atoms with Gasteiger partial charge in [0.2, 0.25) is 0 Å². The van der Waals surface area contributed by atoms with E-state index in [1.54, 1.807) is 24.4 Å². The molecule has 9 heteroatoms. The van der Waals surface area contributed by atoms with Crippen LogP contribution < -0.4 is 15.5 Å². The number of amides is 3. The fourth-order valence-electron chi connectivity index (χ4n) is 4.00. The minimum absolute atomic E-state index is 0.101. The smallest absolute Gasteiger partial charge is 0.323 e. The van der Waals surface area contributed by atoms with E-state index in [0.29, 0.717) is 40.9 Å². The second kappa shape index (κ2) is 11.0. The number of carbonyl (C=O) groups is 2. The molecule has 2 heterocycles. The molecule has 0 radical (unpaired) electrons. The summed E-state index contributed by atoms with van der Waals surface area (Å²) in [6.45, 7) is 6.58. The molecule has 3 amide bonds. The lowest BCUT2D eigenvalue weighted by Gasteiger charge is -2.23. The van der Waals surface area contributed by atoms with E-state index in [-0.39, 0.29) is 11.9 Å². The molecule has 7 nitrogen and oxygen atoms in total. The van der Waals surface area contributed by atoms with Crippen LogP contribution in [0.3, 0.4) is 0 Å². The Morgan fingerprint density at radius 3 is 2.51 bits per heavy atom. The van der Waals surface area contributed by atoms with Crippen LogP contribution in [0.4, 0.5) is 22.0 Å². The molecule has 1 aliphatic heterocycles. The molecule has 0 atom stereocenters. The van der Waals surface area contributed by atoms with Crippen molar-refractivity contribution in [3.63, 3.8) is 0 Å². The van der Waals surface area contributed by atoms with E-state index in [9.17, 15) is 9.59 Å². The summed E-state index contributed by atoms with van der Waals surface area (Å²) in [6.07, 6.45) is 2.44. The van der Waals surface area contributed by atoms with E-state index in [1.807, 2.05) is 49.1 Å². The third-order valence-corrected chi connectivity index (χ3v) is 6.68. The molecule has 0 bridgehead atoms. The molecule has 182 valence electrons. The summed E-state index contributed by atoms with van der Waals surface area (Å²) < 4.78 is 0. The number of hydrogen-bond acceptors (Lipinski definition) is 4. The number of aromatic nitrogens is 1. The number of benzene rings is 2. The van der Waals surface area contributed by atoms with Gasteiger partial charge in [-0.1, -0.05) is 35.3 Å². The van der Waals surface area contributed by atoms with E-state index in [4.69, 9.17) is 23.2 Å². The van der Waals surface area contributed by atoms with E-state index in [0.717, 1.165) is 35.6 Å². The van der Waals surface area contributed by atoms with Crippen LogP contribution in [0.25, 0.3) is 0 Å². The van der Waals surface area contributed by atoms with Crippen molar-refractivity contribution in [2.75, 3.05) is 41.7 Å². The first-order valence-corrected chi connectivity index (χ1v) is 12.2. The van der Waals surface area contributed by atoms with Gasteiger partial charge in [0.1, 0.15) is 5.82 Å². The predicted molar refractivity (Wildman–Crippen MR) is 142 cm³/mol. The second-order valence-corrected chi connectivity index (χ2v) is 9.33. The maximum atomic E-state index is 13.0. The average molecular weight is 512 g/mol. The largest absolute Gasteiger partial charge is 0.355 e. The van der Waals surface area contributed by atoms with Crippen molar-refractivity contribution in [3.05, 3.63) is 81.5 Å². The first-order chi connectivity index (χ1) is 16.8. The fourth-order valence-corrected chi connectivity index (χ4v) is 4.49. The van der Waals surface area contributed by atoms with Gasteiger partial charge in [-0.25, -0.2) is 9.78 Å². The number of halogens is 2. The van der Waals surface area contributed by atoms with Crippen molar-refractivity contribution in [2.45, 2.75) is 20.3 Å². The molecule has 0 spiro atoms. The molecular weight excluding hydrogens is 485 g/mol. The highest BCUT2D eigenvalue weighted by molar-refractivity contribution is 6.36. The van der Waals surface area contributed by atoms with Crippen LogP contribution in [0.5, 0.6) is 0 Å². The molecule has 1 saturated heterocycles. The van der Waals surface area contributed by atoms with Crippen LogP contribution in [0.2, 0.25) is 10.0 Å². The SMILES string of the molecule is Cc1cccc(NC(=O)Nc2ccc(N3CCCN(C(=O)c4ccc(Cl)cc4Cl)CC3)nc2)c1C.